The summed E-state index contributed by atoms with van der Waals surface area (Å²) in [5, 5.41) is 5.27. The maximum atomic E-state index is 13.8. The van der Waals surface area contributed by atoms with Gasteiger partial charge in [-0.25, -0.2) is 22.9 Å². The second kappa shape index (κ2) is 17.8. The molecule has 282 valence electrons. The molecule has 0 aromatic heterocycles. The van der Waals surface area contributed by atoms with Crippen LogP contribution < -0.4 is 15.2 Å². The highest BCUT2D eigenvalue weighted by atomic mass is 31.2. The molecule has 3 aromatic carbocycles. The first-order valence-corrected chi connectivity index (χ1v) is 18.8. The van der Waals surface area contributed by atoms with Crippen LogP contribution in [0.5, 0.6) is 5.75 Å². The van der Waals surface area contributed by atoms with Gasteiger partial charge in [0.05, 0.1) is 17.6 Å². The Hall–Kier alpha value is -4.52. The summed E-state index contributed by atoms with van der Waals surface area (Å²) in [5.41, 5.74) is 1.11. The third-order valence-corrected chi connectivity index (χ3v) is 9.18. The van der Waals surface area contributed by atoms with E-state index in [1.807, 2.05) is 0 Å². The highest BCUT2D eigenvalue weighted by Crippen LogP contribution is 2.48. The minimum absolute atomic E-state index is 0.0106. The first kappa shape index (κ1) is 40.3. The maximum absolute atomic E-state index is 13.8. The summed E-state index contributed by atoms with van der Waals surface area (Å²) >= 11 is 0. The molecule has 1 saturated heterocycles. The van der Waals surface area contributed by atoms with Crippen molar-refractivity contribution in [2.75, 3.05) is 26.4 Å². The van der Waals surface area contributed by atoms with Gasteiger partial charge >= 0.3 is 25.8 Å². The van der Waals surface area contributed by atoms with Crippen LogP contribution in [0, 0.1) is 17.0 Å². The molecule has 0 spiro atoms. The lowest BCUT2D eigenvalue weighted by atomic mass is 9.92. The summed E-state index contributed by atoms with van der Waals surface area (Å²) in [6.07, 6.45) is -4.22. The van der Waals surface area contributed by atoms with Crippen LogP contribution >= 0.6 is 7.60 Å². The molecule has 1 aliphatic rings. The van der Waals surface area contributed by atoms with Crippen molar-refractivity contribution in [2.24, 2.45) is 5.41 Å². The van der Waals surface area contributed by atoms with Gasteiger partial charge in [-0.15, -0.1) is 0 Å². The van der Waals surface area contributed by atoms with Crippen molar-refractivity contribution >= 4 is 25.8 Å². The van der Waals surface area contributed by atoms with Crippen LogP contribution in [0.3, 0.4) is 0 Å². The summed E-state index contributed by atoms with van der Waals surface area (Å²) in [5.74, 6) is -1.75. The Morgan fingerprint density at radius 1 is 0.865 bits per heavy atom. The van der Waals surface area contributed by atoms with Gasteiger partial charge in [0.2, 0.25) is 0 Å². The van der Waals surface area contributed by atoms with Crippen molar-refractivity contribution < 1.29 is 55.7 Å². The number of carbonyl (C=O) groups is 3. The Labute approximate surface area is 302 Å². The second-order valence-electron chi connectivity index (χ2n) is 13.3. The number of hydrogen-bond acceptors (Lipinski definition) is 10. The SMILES string of the molecule is CCNC(=O)OCc1ccc(OP(C)(=O)OC2C(NC(=O)OCC(c3ccc(F)cc3)c3ccc(F)cc3)[C@H](C)O[C@@H]2COC(=O)C(C)(C)C)cc1. The zero-order chi connectivity index (χ0) is 38.1. The molecular formula is C37H45F2N2O10P. The molecule has 52 heavy (non-hydrogen) atoms. The number of nitrogens with one attached hydrogen (secondary N) is 2. The number of ether oxygens (including phenoxy) is 4. The van der Waals surface area contributed by atoms with Gasteiger partial charge in [-0.2, -0.15) is 0 Å². The molecule has 5 atom stereocenters. The van der Waals surface area contributed by atoms with Gasteiger partial charge in [-0.3, -0.25) is 9.32 Å². The van der Waals surface area contributed by atoms with E-state index < -0.39 is 73.1 Å². The fourth-order valence-corrected chi connectivity index (χ4v) is 6.57. The number of benzene rings is 3. The molecule has 1 aliphatic heterocycles. The minimum atomic E-state index is -3.93. The smallest absolute Gasteiger partial charge is 0.407 e. The Bertz CT molecular complexity index is 1660. The molecule has 15 heteroatoms. The summed E-state index contributed by atoms with van der Waals surface area (Å²) in [4.78, 5) is 37.5. The summed E-state index contributed by atoms with van der Waals surface area (Å²) < 4.78 is 75.3. The number of rotatable bonds is 14. The van der Waals surface area contributed by atoms with Gasteiger partial charge in [0.1, 0.15) is 49.4 Å². The van der Waals surface area contributed by atoms with Crippen LogP contribution in [0.1, 0.15) is 57.2 Å². The Morgan fingerprint density at radius 2 is 1.44 bits per heavy atom. The Kier molecular flexibility index (Phi) is 13.8. The average Bonchev–Trinajstić information content (AvgIpc) is 3.36. The molecule has 0 radical (unpaired) electrons. The normalized spacial score (nSPS) is 19.7. The third kappa shape index (κ3) is 11.8. The topological polar surface area (TPSA) is 148 Å². The number of halogens is 2. The van der Waals surface area contributed by atoms with Gasteiger partial charge in [0.25, 0.3) is 0 Å². The maximum Gasteiger partial charge on any atom is 0.407 e. The molecule has 4 rings (SSSR count). The average molecular weight is 747 g/mol. The van der Waals surface area contributed by atoms with Crippen LogP contribution in [-0.4, -0.2) is 68.9 Å². The van der Waals surface area contributed by atoms with Crippen LogP contribution in [0.4, 0.5) is 18.4 Å². The number of hydrogen-bond donors (Lipinski definition) is 2. The van der Waals surface area contributed by atoms with E-state index in [9.17, 15) is 27.7 Å². The Balaban J connectivity index is 1.48. The van der Waals surface area contributed by atoms with Crippen molar-refractivity contribution in [1.82, 2.24) is 10.6 Å². The highest BCUT2D eigenvalue weighted by molar-refractivity contribution is 7.53. The van der Waals surface area contributed by atoms with E-state index >= 15 is 0 Å². The highest BCUT2D eigenvalue weighted by Gasteiger charge is 2.48. The van der Waals surface area contributed by atoms with Crippen molar-refractivity contribution in [2.45, 2.75) is 71.5 Å². The molecule has 0 aliphatic carbocycles. The van der Waals surface area contributed by atoms with Crippen molar-refractivity contribution in [1.29, 1.82) is 0 Å². The molecule has 3 unspecified atom stereocenters. The zero-order valence-electron chi connectivity index (χ0n) is 29.9. The molecule has 0 saturated carbocycles. The van der Waals surface area contributed by atoms with Crippen LogP contribution in [0.15, 0.2) is 72.8 Å². The summed E-state index contributed by atoms with van der Waals surface area (Å²) in [6, 6.07) is 16.7. The predicted octanol–water partition coefficient (Wildman–Crippen LogP) is 7.10. The predicted molar refractivity (Wildman–Crippen MR) is 187 cm³/mol. The second-order valence-corrected chi connectivity index (χ2v) is 15.3. The van der Waals surface area contributed by atoms with E-state index in [0.29, 0.717) is 23.2 Å². The van der Waals surface area contributed by atoms with Gasteiger partial charge in [0.15, 0.2) is 0 Å². The zero-order valence-corrected chi connectivity index (χ0v) is 30.8. The third-order valence-electron chi connectivity index (χ3n) is 8.02. The monoisotopic (exact) mass is 746 g/mol. The molecular weight excluding hydrogens is 701 g/mol. The minimum Gasteiger partial charge on any atom is -0.462 e. The van der Waals surface area contributed by atoms with E-state index in [0.717, 1.165) is 0 Å². The van der Waals surface area contributed by atoms with Crippen molar-refractivity contribution in [3.05, 3.63) is 101 Å². The van der Waals surface area contributed by atoms with Crippen LogP contribution in [0.2, 0.25) is 0 Å². The Morgan fingerprint density at radius 3 is 1.98 bits per heavy atom. The van der Waals surface area contributed by atoms with E-state index in [4.69, 9.17) is 28.0 Å². The summed E-state index contributed by atoms with van der Waals surface area (Å²) in [6.45, 7) is 9.74. The quantitative estimate of drug-likeness (QED) is 0.0995. The lowest BCUT2D eigenvalue weighted by molar-refractivity contribution is -0.158. The van der Waals surface area contributed by atoms with Crippen LogP contribution in [0.25, 0.3) is 0 Å². The number of amides is 2. The van der Waals surface area contributed by atoms with Crippen molar-refractivity contribution in [3.63, 3.8) is 0 Å². The number of alkyl carbamates (subject to hydrolysis) is 2. The van der Waals surface area contributed by atoms with E-state index in [-0.39, 0.29) is 25.6 Å². The van der Waals surface area contributed by atoms with Gasteiger partial charge in [-0.1, -0.05) is 36.4 Å². The van der Waals surface area contributed by atoms with E-state index in [1.165, 1.54) is 43.1 Å². The number of esters is 1. The fraction of sp³-hybridized carbons (Fsp3) is 0.432. The van der Waals surface area contributed by atoms with Gasteiger partial charge < -0.3 is 34.1 Å². The number of carbonyl (C=O) groups excluding carboxylic acids is 3. The largest absolute Gasteiger partial charge is 0.462 e. The standard InChI is InChI=1S/C37H45F2N2O10P/c1-7-40-35(43)47-20-24-8-18-29(19-9-24)50-52(6,45)51-33-31(22-46-34(42)37(3,4)5)49-23(2)32(33)41-36(44)48-21-30(25-10-14-27(38)15-11-25)26-12-16-28(39)17-13-26/h8-19,23,30-33H,7,20-22H2,1-6H3,(H,40,43)(H,41,44)/t23-,31+,32?,33?,52?/m0/s1. The van der Waals surface area contributed by atoms with Crippen LogP contribution in [-0.2, 0) is 39.4 Å². The fourth-order valence-electron chi connectivity index (χ4n) is 5.31. The molecule has 2 amide bonds. The summed E-state index contributed by atoms with van der Waals surface area (Å²) in [7, 11) is -3.93. The first-order chi connectivity index (χ1) is 24.5. The molecule has 1 fully saturated rings. The van der Waals surface area contributed by atoms with E-state index in [2.05, 4.69) is 10.6 Å². The lowest BCUT2D eigenvalue weighted by Gasteiger charge is -2.28. The molecule has 12 nitrogen and oxygen atoms in total. The lowest BCUT2D eigenvalue weighted by Crippen LogP contribution is -2.49. The van der Waals surface area contributed by atoms with Crippen molar-refractivity contribution in [3.8, 4) is 5.75 Å². The first-order valence-electron chi connectivity index (χ1n) is 16.8. The van der Waals surface area contributed by atoms with E-state index in [1.54, 1.807) is 71.0 Å². The molecule has 2 N–H and O–H groups in total. The van der Waals surface area contributed by atoms with Gasteiger partial charge in [-0.05, 0) is 87.7 Å². The molecule has 3 aromatic rings. The molecule has 0 bridgehead atoms. The molecule has 1 heterocycles. The van der Waals surface area contributed by atoms with Gasteiger partial charge in [0, 0.05) is 19.1 Å².